The number of nitrogens with zero attached hydrogens (tertiary/aromatic N) is 2. The molecule has 1 saturated heterocycles. The zero-order valence-corrected chi connectivity index (χ0v) is 26.7. The zero-order chi connectivity index (χ0) is 32.7. The first-order chi connectivity index (χ1) is 22.0. The molecule has 0 saturated carbocycles. The van der Waals surface area contributed by atoms with Gasteiger partial charge in [-0.15, -0.1) is 0 Å². The van der Waals surface area contributed by atoms with Gasteiger partial charge in [-0.3, -0.25) is 14.4 Å². The number of benzene rings is 4. The second-order valence-corrected chi connectivity index (χ2v) is 13.1. The maximum atomic E-state index is 13.4. The summed E-state index contributed by atoms with van der Waals surface area (Å²) in [7, 11) is 2.05. The number of nitrogens with one attached hydrogen (secondary N) is 2. The molecule has 1 aliphatic heterocycles. The number of carbonyl (C=O) groups is 3. The first kappa shape index (κ1) is 31.0. The van der Waals surface area contributed by atoms with Crippen LogP contribution in [0, 0.1) is 0 Å². The van der Waals surface area contributed by atoms with Crippen LogP contribution in [0.25, 0.3) is 32.9 Å². The van der Waals surface area contributed by atoms with Gasteiger partial charge in [0.15, 0.2) is 0 Å². The van der Waals surface area contributed by atoms with E-state index >= 15 is 0 Å². The normalized spacial score (nSPS) is 14.2. The van der Waals surface area contributed by atoms with Gasteiger partial charge in [-0.05, 0) is 71.1 Å². The van der Waals surface area contributed by atoms with Gasteiger partial charge in [0, 0.05) is 65.8 Å². The summed E-state index contributed by atoms with van der Waals surface area (Å²) >= 11 is 0. The van der Waals surface area contributed by atoms with Crippen molar-refractivity contribution in [3.63, 3.8) is 0 Å². The summed E-state index contributed by atoms with van der Waals surface area (Å²) in [6.07, 6.45) is 0. The van der Waals surface area contributed by atoms with Gasteiger partial charge < -0.3 is 31.6 Å². The lowest BCUT2D eigenvalue weighted by Gasteiger charge is -2.32. The second kappa shape index (κ2) is 12.1. The van der Waals surface area contributed by atoms with Crippen molar-refractivity contribution >= 4 is 45.2 Å². The Morgan fingerprint density at radius 1 is 0.870 bits per heavy atom. The van der Waals surface area contributed by atoms with Crippen LogP contribution in [0.15, 0.2) is 72.8 Å². The van der Waals surface area contributed by atoms with E-state index in [1.807, 2.05) is 71.6 Å². The van der Waals surface area contributed by atoms with Crippen LogP contribution in [-0.4, -0.2) is 65.7 Å². The third-order valence-corrected chi connectivity index (χ3v) is 8.99. The number of aromatic amines is 1. The van der Waals surface area contributed by atoms with Gasteiger partial charge in [0.2, 0.25) is 0 Å². The summed E-state index contributed by atoms with van der Waals surface area (Å²) in [6.45, 7) is 9.58. The summed E-state index contributed by atoms with van der Waals surface area (Å²) in [5.41, 5.74) is 19.1. The lowest BCUT2D eigenvalue weighted by molar-refractivity contribution is 0.0664. The molecule has 4 aromatic carbocycles. The smallest absolute Gasteiger partial charge is 0.255 e. The van der Waals surface area contributed by atoms with Gasteiger partial charge in [-0.25, -0.2) is 0 Å². The van der Waals surface area contributed by atoms with Crippen LogP contribution in [0.4, 0.5) is 5.69 Å². The fourth-order valence-corrected chi connectivity index (χ4v) is 6.26. The van der Waals surface area contributed by atoms with Crippen LogP contribution in [0.2, 0.25) is 0 Å². The number of hydrogen-bond acceptors (Lipinski definition) is 5. The average Bonchev–Trinajstić information content (AvgIpc) is 3.42. The monoisotopic (exact) mass is 616 g/mol. The summed E-state index contributed by atoms with van der Waals surface area (Å²) in [5.74, 6) is -0.813. The van der Waals surface area contributed by atoms with Crippen LogP contribution in [0.3, 0.4) is 0 Å². The molecule has 236 valence electrons. The summed E-state index contributed by atoms with van der Waals surface area (Å²) in [4.78, 5) is 46.7. The Hall–Kier alpha value is -4.99. The van der Waals surface area contributed by atoms with Crippen molar-refractivity contribution in [2.75, 3.05) is 38.5 Å². The number of amides is 3. The number of fused-ring (bicyclic) bond motifs is 3. The van der Waals surface area contributed by atoms with Crippen LogP contribution in [-0.2, 0) is 12.0 Å². The Morgan fingerprint density at radius 2 is 1.57 bits per heavy atom. The highest BCUT2D eigenvalue weighted by molar-refractivity contribution is 6.20. The van der Waals surface area contributed by atoms with E-state index in [0.717, 1.165) is 51.6 Å². The molecule has 1 aliphatic rings. The summed E-state index contributed by atoms with van der Waals surface area (Å²) in [5, 5.41) is 4.70. The van der Waals surface area contributed by atoms with E-state index in [9.17, 15) is 14.4 Å². The quantitative estimate of drug-likeness (QED) is 0.200. The molecule has 6 N–H and O–H groups in total. The molecule has 9 nitrogen and oxygen atoms in total. The molecule has 0 radical (unpaired) electrons. The number of hydrogen-bond donors (Lipinski definition) is 4. The van der Waals surface area contributed by atoms with Gasteiger partial charge in [0.1, 0.15) is 0 Å². The minimum Gasteiger partial charge on any atom is -0.366 e. The molecular weight excluding hydrogens is 576 g/mol. The van der Waals surface area contributed by atoms with E-state index < -0.39 is 5.91 Å². The number of carbonyl (C=O) groups excluding carboxylic acids is 3. The van der Waals surface area contributed by atoms with Gasteiger partial charge in [0.05, 0.1) is 11.1 Å². The molecular formula is C37H40N6O3. The number of H-pyrrole nitrogens is 1. The molecule has 0 unspecified atom stereocenters. The number of primary amides is 1. The molecule has 46 heavy (non-hydrogen) atoms. The van der Waals surface area contributed by atoms with Gasteiger partial charge in [-0.2, -0.15) is 0 Å². The molecule has 9 heteroatoms. The molecule has 2 heterocycles. The van der Waals surface area contributed by atoms with Crippen LogP contribution < -0.4 is 16.8 Å². The largest absolute Gasteiger partial charge is 0.366 e. The Balaban J connectivity index is 1.41. The van der Waals surface area contributed by atoms with E-state index in [-0.39, 0.29) is 23.8 Å². The fourth-order valence-electron chi connectivity index (χ4n) is 6.26. The number of piperazine rings is 1. The van der Waals surface area contributed by atoms with Gasteiger partial charge in [-0.1, -0.05) is 57.2 Å². The Kier molecular flexibility index (Phi) is 8.14. The molecule has 0 aliphatic carbocycles. The maximum Gasteiger partial charge on any atom is 0.255 e. The van der Waals surface area contributed by atoms with Crippen LogP contribution >= 0.6 is 0 Å². The second-order valence-electron chi connectivity index (χ2n) is 13.1. The third-order valence-electron chi connectivity index (χ3n) is 8.99. The highest BCUT2D eigenvalue weighted by Crippen LogP contribution is 2.39. The number of anilines is 1. The van der Waals surface area contributed by atoms with Crippen molar-refractivity contribution in [1.29, 1.82) is 0 Å². The van der Waals surface area contributed by atoms with E-state index in [2.05, 4.69) is 43.0 Å². The lowest BCUT2D eigenvalue weighted by Crippen LogP contribution is -2.47. The van der Waals surface area contributed by atoms with Crippen molar-refractivity contribution in [2.45, 2.75) is 32.7 Å². The van der Waals surface area contributed by atoms with E-state index in [1.165, 1.54) is 0 Å². The predicted octanol–water partition coefficient (Wildman–Crippen LogP) is 5.48. The van der Waals surface area contributed by atoms with Gasteiger partial charge >= 0.3 is 0 Å². The van der Waals surface area contributed by atoms with Crippen molar-refractivity contribution < 1.29 is 14.4 Å². The maximum absolute atomic E-state index is 13.4. The number of nitrogens with two attached hydrogens (primary N) is 2. The Labute approximate surface area is 268 Å². The predicted molar refractivity (Wildman–Crippen MR) is 184 cm³/mol. The van der Waals surface area contributed by atoms with E-state index in [0.29, 0.717) is 41.0 Å². The first-order valence-corrected chi connectivity index (χ1v) is 15.6. The zero-order valence-electron chi connectivity index (χ0n) is 26.7. The van der Waals surface area contributed by atoms with Crippen molar-refractivity contribution in [2.24, 2.45) is 11.5 Å². The minimum absolute atomic E-state index is 0.0183. The molecule has 0 bridgehead atoms. The topological polar surface area (TPSA) is 138 Å². The standard InChI is InChI=1S/C37H40N6O3/c1-37(2,3)24-11-8-22(9-12-24)35(45)41-30-7-5-6-25(29(30)21-38)26-14-15-28(34(39)44)33-32(26)27-13-10-23(20-31(27)40-33)36(46)43-18-16-42(4)17-19-43/h5-15,20,40H,16-19,21,38H2,1-4H3,(H2,39,44)(H,41,45). The first-order valence-electron chi connectivity index (χ1n) is 15.6. The number of aromatic nitrogens is 1. The Bertz CT molecular complexity index is 1980. The highest BCUT2D eigenvalue weighted by atomic mass is 16.2. The summed E-state index contributed by atoms with van der Waals surface area (Å²) < 4.78 is 0. The SMILES string of the molecule is CN1CCN(C(=O)c2ccc3c(c2)[nH]c2c(C(N)=O)ccc(-c4cccc(NC(=O)c5ccc(C(C)(C)C)cc5)c4CN)c23)CC1. The highest BCUT2D eigenvalue weighted by Gasteiger charge is 2.23. The molecule has 3 amide bonds. The molecule has 0 spiro atoms. The molecule has 1 aromatic heterocycles. The van der Waals surface area contributed by atoms with Crippen molar-refractivity contribution in [1.82, 2.24) is 14.8 Å². The number of rotatable bonds is 6. The average molecular weight is 617 g/mol. The van der Waals surface area contributed by atoms with E-state index in [1.54, 1.807) is 6.07 Å². The van der Waals surface area contributed by atoms with Crippen molar-refractivity contribution in [3.05, 3.63) is 101 Å². The van der Waals surface area contributed by atoms with E-state index in [4.69, 9.17) is 11.5 Å². The minimum atomic E-state index is -0.561. The molecule has 6 rings (SSSR count). The fraction of sp³-hybridized carbons (Fsp3) is 0.270. The lowest BCUT2D eigenvalue weighted by atomic mass is 9.86. The Morgan fingerprint density at radius 3 is 2.22 bits per heavy atom. The summed E-state index contributed by atoms with van der Waals surface area (Å²) in [6, 6.07) is 22.5. The third kappa shape index (κ3) is 5.75. The molecule has 0 atom stereocenters. The van der Waals surface area contributed by atoms with Gasteiger partial charge in [0.25, 0.3) is 17.7 Å². The van der Waals surface area contributed by atoms with Crippen LogP contribution in [0.1, 0.15) is 63.0 Å². The molecule has 5 aromatic rings. The molecule has 1 fully saturated rings. The van der Waals surface area contributed by atoms with Crippen molar-refractivity contribution in [3.8, 4) is 11.1 Å². The van der Waals surface area contributed by atoms with Crippen LogP contribution in [0.5, 0.6) is 0 Å². The number of likely N-dealkylation sites (N-methyl/N-ethyl adjacent to an activating group) is 1.